The Labute approximate surface area is 69.5 Å². The Morgan fingerprint density at radius 1 is 1.00 bits per heavy atom. The molecule has 0 aliphatic rings. The lowest BCUT2D eigenvalue weighted by molar-refractivity contribution is 0.475. The fourth-order valence-electron chi connectivity index (χ4n) is 0.943. The fraction of sp³-hybridized carbons (Fsp3) is 0.800. The number of allylic oxidation sites excluding steroid dienone is 2. The molecule has 11 heavy (non-hydrogen) atoms. The van der Waals surface area contributed by atoms with Crippen molar-refractivity contribution in [3.05, 3.63) is 12.2 Å². The van der Waals surface area contributed by atoms with E-state index in [1.807, 2.05) is 0 Å². The minimum absolute atomic E-state index is 0.181. The average molecular weight is 158 g/mol. The van der Waals surface area contributed by atoms with E-state index in [4.69, 9.17) is 0 Å². The summed E-state index contributed by atoms with van der Waals surface area (Å²) in [6, 6.07) is 0. The predicted octanol–water partition coefficient (Wildman–Crippen LogP) is 3.87. The summed E-state index contributed by atoms with van der Waals surface area (Å²) in [5.74, 6) is 0. The molecule has 66 valence electrons. The van der Waals surface area contributed by atoms with Gasteiger partial charge in [-0.15, -0.1) is 0 Å². The van der Waals surface area contributed by atoms with E-state index in [-0.39, 0.29) is 6.67 Å². The summed E-state index contributed by atoms with van der Waals surface area (Å²) in [6.07, 6.45) is 10.9. The van der Waals surface area contributed by atoms with Crippen LogP contribution in [-0.2, 0) is 0 Å². The minimum Gasteiger partial charge on any atom is -0.251 e. The van der Waals surface area contributed by atoms with Crippen molar-refractivity contribution >= 4 is 0 Å². The Kier molecular flexibility index (Phi) is 9.38. The molecule has 0 radical (unpaired) electrons. The minimum atomic E-state index is -0.181. The zero-order valence-electron chi connectivity index (χ0n) is 7.48. The first kappa shape index (κ1) is 10.7. The molecular weight excluding hydrogens is 139 g/mol. The van der Waals surface area contributed by atoms with Crippen LogP contribution in [0.2, 0.25) is 0 Å². The molecule has 0 aromatic carbocycles. The van der Waals surface area contributed by atoms with Crippen molar-refractivity contribution in [3.63, 3.8) is 0 Å². The van der Waals surface area contributed by atoms with Crippen LogP contribution in [0, 0.1) is 0 Å². The number of hydrogen-bond acceptors (Lipinski definition) is 0. The molecule has 0 nitrogen and oxygen atoms in total. The second-order valence-corrected chi connectivity index (χ2v) is 2.80. The maximum Gasteiger partial charge on any atom is 0.0897 e. The van der Waals surface area contributed by atoms with E-state index in [1.54, 1.807) is 0 Å². The van der Waals surface area contributed by atoms with E-state index in [1.165, 1.54) is 25.7 Å². The lowest BCUT2D eigenvalue weighted by Gasteiger charge is -1.91. The van der Waals surface area contributed by atoms with Crippen molar-refractivity contribution in [2.24, 2.45) is 0 Å². The second-order valence-electron chi connectivity index (χ2n) is 2.80. The highest BCUT2D eigenvalue weighted by Crippen LogP contribution is 2.00. The van der Waals surface area contributed by atoms with Crippen molar-refractivity contribution in [3.8, 4) is 0 Å². The van der Waals surface area contributed by atoms with Gasteiger partial charge in [0.2, 0.25) is 0 Å². The Balaban J connectivity index is 2.91. The molecule has 0 fully saturated rings. The first-order valence-electron chi connectivity index (χ1n) is 4.62. The van der Waals surface area contributed by atoms with Gasteiger partial charge < -0.3 is 0 Å². The summed E-state index contributed by atoms with van der Waals surface area (Å²) < 4.78 is 11.6. The highest BCUT2D eigenvalue weighted by Gasteiger charge is 1.82. The zero-order valence-corrected chi connectivity index (χ0v) is 7.48. The normalized spacial score (nSPS) is 11.1. The van der Waals surface area contributed by atoms with E-state index in [9.17, 15) is 4.39 Å². The van der Waals surface area contributed by atoms with Crippen molar-refractivity contribution < 1.29 is 4.39 Å². The maximum atomic E-state index is 11.6. The number of unbranched alkanes of at least 4 members (excludes halogenated alkanes) is 4. The Bertz CT molecular complexity index is 86.9. The SMILES string of the molecule is CCCCCC=CCCCF. The number of rotatable bonds is 7. The van der Waals surface area contributed by atoms with Crippen LogP contribution in [-0.4, -0.2) is 6.67 Å². The van der Waals surface area contributed by atoms with Crippen LogP contribution in [0.15, 0.2) is 12.2 Å². The first-order chi connectivity index (χ1) is 5.41. The molecule has 0 saturated heterocycles. The van der Waals surface area contributed by atoms with E-state index in [0.717, 1.165) is 6.42 Å². The molecule has 0 saturated carbocycles. The predicted molar refractivity (Wildman–Crippen MR) is 48.5 cm³/mol. The molecule has 0 spiro atoms. The molecule has 0 unspecified atom stereocenters. The molecule has 0 N–H and O–H groups in total. The van der Waals surface area contributed by atoms with Crippen LogP contribution >= 0.6 is 0 Å². The van der Waals surface area contributed by atoms with Gasteiger partial charge in [0, 0.05) is 0 Å². The molecule has 0 atom stereocenters. The molecule has 0 aromatic heterocycles. The molecule has 0 amide bonds. The molecule has 0 aliphatic heterocycles. The van der Waals surface area contributed by atoms with Gasteiger partial charge in [-0.3, -0.25) is 4.39 Å². The highest BCUT2D eigenvalue weighted by atomic mass is 19.1. The topological polar surface area (TPSA) is 0 Å². The van der Waals surface area contributed by atoms with Gasteiger partial charge >= 0.3 is 0 Å². The van der Waals surface area contributed by atoms with Crippen LogP contribution in [0.4, 0.5) is 4.39 Å². The molecular formula is C10H19F. The Morgan fingerprint density at radius 3 is 2.18 bits per heavy atom. The smallest absolute Gasteiger partial charge is 0.0897 e. The van der Waals surface area contributed by atoms with E-state index in [0.29, 0.717) is 6.42 Å². The van der Waals surface area contributed by atoms with Gasteiger partial charge in [-0.2, -0.15) is 0 Å². The molecule has 0 rings (SSSR count). The third kappa shape index (κ3) is 9.67. The van der Waals surface area contributed by atoms with Crippen molar-refractivity contribution in [1.29, 1.82) is 0 Å². The Hall–Kier alpha value is -0.330. The molecule has 0 bridgehead atoms. The summed E-state index contributed by atoms with van der Waals surface area (Å²) in [6.45, 7) is 2.02. The highest BCUT2D eigenvalue weighted by molar-refractivity contribution is 4.80. The van der Waals surface area contributed by atoms with Crippen molar-refractivity contribution in [2.45, 2.75) is 45.4 Å². The Morgan fingerprint density at radius 2 is 1.64 bits per heavy atom. The quantitative estimate of drug-likeness (QED) is 0.389. The summed E-state index contributed by atoms with van der Waals surface area (Å²) in [4.78, 5) is 0. The van der Waals surface area contributed by atoms with Gasteiger partial charge in [0.25, 0.3) is 0 Å². The van der Waals surface area contributed by atoms with Gasteiger partial charge in [-0.25, -0.2) is 0 Å². The molecule has 1 heteroatoms. The number of alkyl halides is 1. The fourth-order valence-corrected chi connectivity index (χ4v) is 0.943. The summed E-state index contributed by atoms with van der Waals surface area (Å²) in [7, 11) is 0. The number of hydrogen-bond donors (Lipinski definition) is 0. The van der Waals surface area contributed by atoms with Crippen LogP contribution in [0.1, 0.15) is 45.4 Å². The summed E-state index contributed by atoms with van der Waals surface area (Å²) in [5, 5.41) is 0. The van der Waals surface area contributed by atoms with Gasteiger partial charge in [0.05, 0.1) is 6.67 Å². The summed E-state index contributed by atoms with van der Waals surface area (Å²) in [5.41, 5.74) is 0. The third-order valence-electron chi connectivity index (χ3n) is 1.65. The lowest BCUT2D eigenvalue weighted by Crippen LogP contribution is -1.73. The lowest BCUT2D eigenvalue weighted by atomic mass is 10.2. The molecule has 0 aliphatic carbocycles. The third-order valence-corrected chi connectivity index (χ3v) is 1.65. The van der Waals surface area contributed by atoms with Gasteiger partial charge in [0.1, 0.15) is 0 Å². The van der Waals surface area contributed by atoms with E-state index < -0.39 is 0 Å². The molecule has 0 aromatic rings. The van der Waals surface area contributed by atoms with Crippen LogP contribution in [0.25, 0.3) is 0 Å². The van der Waals surface area contributed by atoms with E-state index >= 15 is 0 Å². The second kappa shape index (κ2) is 9.67. The van der Waals surface area contributed by atoms with Crippen LogP contribution in [0.3, 0.4) is 0 Å². The first-order valence-corrected chi connectivity index (χ1v) is 4.62. The van der Waals surface area contributed by atoms with Gasteiger partial charge in [-0.1, -0.05) is 31.9 Å². The average Bonchev–Trinajstić information content (AvgIpc) is 2.03. The van der Waals surface area contributed by atoms with Crippen LogP contribution < -0.4 is 0 Å². The van der Waals surface area contributed by atoms with Crippen LogP contribution in [0.5, 0.6) is 0 Å². The summed E-state index contributed by atoms with van der Waals surface area (Å²) >= 11 is 0. The standard InChI is InChI=1S/C10H19F/c1-2-3-4-5-6-7-8-9-10-11/h6-7H,2-5,8-10H2,1H3. The van der Waals surface area contributed by atoms with E-state index in [2.05, 4.69) is 19.1 Å². The molecule has 0 heterocycles. The van der Waals surface area contributed by atoms with Gasteiger partial charge in [-0.05, 0) is 25.7 Å². The zero-order chi connectivity index (χ0) is 8.36. The monoisotopic (exact) mass is 158 g/mol. The van der Waals surface area contributed by atoms with Crippen molar-refractivity contribution in [2.75, 3.05) is 6.67 Å². The van der Waals surface area contributed by atoms with Gasteiger partial charge in [0.15, 0.2) is 0 Å². The largest absolute Gasteiger partial charge is 0.251 e. The number of halogens is 1. The maximum absolute atomic E-state index is 11.6. The van der Waals surface area contributed by atoms with Crippen molar-refractivity contribution in [1.82, 2.24) is 0 Å².